The lowest BCUT2D eigenvalue weighted by atomic mass is 9.87. The summed E-state index contributed by atoms with van der Waals surface area (Å²) in [6.07, 6.45) is -1.84. The van der Waals surface area contributed by atoms with Crippen molar-refractivity contribution in [3.8, 4) is 43.4 Å². The molecule has 0 radical (unpaired) electrons. The smallest absolute Gasteiger partial charge is 0.420 e. The Morgan fingerprint density at radius 1 is 0.681 bits per heavy atom. The average Bonchev–Trinajstić information content (AvgIpc) is 1.62. The highest BCUT2D eigenvalue weighted by atomic mass is 32.1. The van der Waals surface area contributed by atoms with Crippen LogP contribution in [0.15, 0.2) is 88.3 Å². The van der Waals surface area contributed by atoms with Crippen molar-refractivity contribution in [1.82, 2.24) is 61.5 Å². The molecular formula is C62H59N13O13S6. The van der Waals surface area contributed by atoms with Crippen molar-refractivity contribution in [3.63, 3.8) is 0 Å². The molecule has 1 aliphatic carbocycles. The van der Waals surface area contributed by atoms with Gasteiger partial charge in [-0.25, -0.2) is 49.4 Å². The van der Waals surface area contributed by atoms with Crippen LogP contribution in [0.5, 0.6) is 0 Å². The van der Waals surface area contributed by atoms with Crippen molar-refractivity contribution in [2.75, 3.05) is 25.6 Å². The van der Waals surface area contributed by atoms with Crippen molar-refractivity contribution < 1.29 is 63.1 Å². The Kier molecular flexibility index (Phi) is 20.5. The Morgan fingerprint density at radius 3 is 2.13 bits per heavy atom. The number of nitrogens with one attached hydrogen (secondary N) is 5. The normalized spacial score (nSPS) is 18.2. The van der Waals surface area contributed by atoms with Gasteiger partial charge in [-0.3, -0.25) is 28.8 Å². The number of carboxylic acids is 2. The molecule has 32 heteroatoms. The van der Waals surface area contributed by atoms with E-state index in [9.17, 15) is 53.7 Å². The third kappa shape index (κ3) is 14.8. The largest absolute Gasteiger partial charge is 0.481 e. The Bertz CT molecular complexity index is 4340. The summed E-state index contributed by atoms with van der Waals surface area (Å²) in [4.78, 5) is 144. The second-order valence-electron chi connectivity index (χ2n) is 22.0. The molecule has 8 heterocycles. The van der Waals surface area contributed by atoms with Crippen LogP contribution in [0.1, 0.15) is 142 Å². The molecule has 7 aromatic heterocycles. The van der Waals surface area contributed by atoms with Crippen molar-refractivity contribution in [2.45, 2.75) is 89.8 Å². The van der Waals surface area contributed by atoms with Crippen LogP contribution < -0.4 is 31.5 Å². The maximum atomic E-state index is 14.5. The number of carbonyl (C=O) groups excluding carboxylic acids is 6. The van der Waals surface area contributed by atoms with Crippen LogP contribution in [0.4, 0.5) is 16.3 Å². The quantitative estimate of drug-likeness (QED) is 0.0532. The van der Waals surface area contributed by atoms with Gasteiger partial charge in [-0.15, -0.1) is 68.0 Å². The van der Waals surface area contributed by atoms with Gasteiger partial charge in [0.1, 0.15) is 82.5 Å². The number of hydrogen-bond donors (Lipinski definition) is 8. The van der Waals surface area contributed by atoms with Crippen LogP contribution in [-0.2, 0) is 30.5 Å². The number of anilines is 2. The highest BCUT2D eigenvalue weighted by Gasteiger charge is 2.35. The molecule has 9 aromatic rings. The summed E-state index contributed by atoms with van der Waals surface area (Å²) in [6, 6.07) is 14.9. The molecule has 486 valence electrons. The van der Waals surface area contributed by atoms with E-state index in [1.54, 1.807) is 70.9 Å². The minimum atomic E-state index is -1.32. The summed E-state index contributed by atoms with van der Waals surface area (Å²) in [6.45, 7) is 4.87. The minimum absolute atomic E-state index is 0.0189. The molecule has 1 unspecified atom stereocenters. The van der Waals surface area contributed by atoms with Crippen LogP contribution in [-0.4, -0.2) is 125 Å². The SMILES string of the molecule is CNC(=O)C[C@@H]1NC(=O)c2csc(n2)-c2ccc(-c3nc(N(C(=O)OC4CCC(C(=O)O)CC4)c4cccc(C(=O)O)c4)cs3)nc2-c2csc(n2)-c2csc(n2)[C@H]([C@@H](O)c2ccccc2)NC(=O)CNC(=O)c2nc(sc2COC)C(C(C)C)NC(=O)c2nc1sc2C. The first kappa shape index (κ1) is 66.3. The van der Waals surface area contributed by atoms with E-state index in [0.717, 1.165) is 61.6 Å². The van der Waals surface area contributed by atoms with E-state index in [4.69, 9.17) is 44.4 Å². The number of amides is 6. The lowest BCUT2D eigenvalue weighted by Crippen LogP contribution is -2.40. The van der Waals surface area contributed by atoms with Gasteiger partial charge in [-0.1, -0.05) is 50.2 Å². The van der Waals surface area contributed by atoms with Crippen molar-refractivity contribution in [3.05, 3.63) is 141 Å². The molecule has 4 atom stereocenters. The molecule has 1 saturated carbocycles. The molecule has 2 aromatic carbocycles. The maximum Gasteiger partial charge on any atom is 0.420 e. The van der Waals surface area contributed by atoms with Gasteiger partial charge in [0, 0.05) is 46.1 Å². The first-order valence-electron chi connectivity index (χ1n) is 29.2. The number of rotatable bonds is 13. The molecule has 26 nitrogen and oxygen atoms in total. The summed E-state index contributed by atoms with van der Waals surface area (Å²) < 4.78 is 11.4. The molecule has 94 heavy (non-hydrogen) atoms. The number of fused-ring (bicyclic) bond motifs is 14. The van der Waals surface area contributed by atoms with E-state index >= 15 is 0 Å². The average molecular weight is 1390 g/mol. The van der Waals surface area contributed by atoms with E-state index in [0.29, 0.717) is 88.7 Å². The molecule has 0 spiro atoms. The number of aliphatic hydroxyl groups is 1. The molecule has 1 fully saturated rings. The maximum absolute atomic E-state index is 14.5. The number of carbonyl (C=O) groups is 8. The molecule has 8 N–H and O–H groups in total. The Morgan fingerprint density at radius 2 is 1.39 bits per heavy atom. The zero-order valence-electron chi connectivity index (χ0n) is 50.6. The Balaban J connectivity index is 0.990. The van der Waals surface area contributed by atoms with Crippen LogP contribution in [0.3, 0.4) is 0 Å². The van der Waals surface area contributed by atoms with Crippen molar-refractivity contribution >= 4 is 127 Å². The standard InChI is InChI=1S/C62H59N13O13S6/c1-28(2)45-59-74-48(41(94-59)23-87-5)52(80)64-22-44(77)71-49(50(78)30-10-7-6-8-11-30)58-69-40(26-91-58)56-67-38(24-90-56)47-35(54-68-39(25-89-54)51(79)66-37(21-43(76)63-4)57-73-46(29(3)93-57)53(81)72-45)18-19-36(65-47)55-70-42(27-92-55)75(33-13-9-12-32(20-33)61(84)85)62(86)88-34-16-14-31(15-17-34)60(82)83/h6-13,18-20,24-28,31,34,37,45,49-50,78H,14-17,21-23H2,1-5H3,(H,63,76)(H,64,80)(H,66,79)(H,71,77)(H,72,81)(H,82,83)(H,84,85)/t31?,34?,37-,45?,49-,50-/m0/s1. The summed E-state index contributed by atoms with van der Waals surface area (Å²) in [5.41, 5.74) is 2.20. The van der Waals surface area contributed by atoms with Crippen molar-refractivity contribution in [1.29, 1.82) is 0 Å². The number of aromatic nitrogens is 7. The number of aliphatic hydroxyl groups excluding tert-OH is 1. The van der Waals surface area contributed by atoms with E-state index in [1.165, 1.54) is 49.8 Å². The number of benzene rings is 2. The van der Waals surface area contributed by atoms with E-state index < -0.39 is 90.4 Å². The molecular weight excluding hydrogens is 1330 g/mol. The van der Waals surface area contributed by atoms with Gasteiger partial charge in [0.15, 0.2) is 5.82 Å². The highest BCUT2D eigenvalue weighted by Crippen LogP contribution is 2.41. The fourth-order valence-corrected chi connectivity index (χ4v) is 15.9. The van der Waals surface area contributed by atoms with Gasteiger partial charge in [-0.2, -0.15) is 0 Å². The number of ether oxygens (including phenoxy) is 2. The number of methoxy groups -OCH3 is 1. The number of carboxylic acid groups (broad SMARTS) is 2. The van der Waals surface area contributed by atoms with Crippen LogP contribution in [0.25, 0.3) is 43.4 Å². The Labute approximate surface area is 560 Å². The zero-order valence-corrected chi connectivity index (χ0v) is 55.5. The van der Waals surface area contributed by atoms with Crippen LogP contribution in [0.2, 0.25) is 0 Å². The predicted molar refractivity (Wildman–Crippen MR) is 352 cm³/mol. The third-order valence-corrected chi connectivity index (χ3v) is 21.0. The number of thiazole rings is 6. The number of aliphatic carboxylic acids is 1. The second kappa shape index (κ2) is 29.0. The van der Waals surface area contributed by atoms with E-state index in [2.05, 4.69) is 26.6 Å². The lowest BCUT2D eigenvalue weighted by molar-refractivity contribution is -0.143. The number of nitrogens with zero attached hydrogens (tertiary/aromatic N) is 8. The first-order valence-corrected chi connectivity index (χ1v) is 34.4. The number of aryl methyl sites for hydroxylation is 1. The Hall–Kier alpha value is -9.15. The number of pyridine rings is 1. The van der Waals surface area contributed by atoms with Gasteiger partial charge in [0.2, 0.25) is 11.8 Å². The van der Waals surface area contributed by atoms with Gasteiger partial charge >= 0.3 is 18.0 Å². The molecule has 10 bridgehead atoms. The molecule has 1 aliphatic heterocycles. The topological polar surface area (TPSA) is 369 Å². The van der Waals surface area contributed by atoms with Gasteiger partial charge < -0.3 is 51.4 Å². The van der Waals surface area contributed by atoms with Gasteiger partial charge in [0.05, 0.1) is 59.4 Å². The van der Waals surface area contributed by atoms with E-state index in [-0.39, 0.29) is 63.8 Å². The number of hydrogen-bond acceptors (Lipinski definition) is 24. The highest BCUT2D eigenvalue weighted by molar-refractivity contribution is 7.15. The molecule has 11 rings (SSSR count). The monoisotopic (exact) mass is 1390 g/mol. The summed E-state index contributed by atoms with van der Waals surface area (Å²) in [5, 5.41) is 54.2. The second-order valence-corrected chi connectivity index (χ2v) is 27.8. The third-order valence-electron chi connectivity index (χ3n) is 15.3. The fourth-order valence-electron chi connectivity index (χ4n) is 10.4. The van der Waals surface area contributed by atoms with Crippen LogP contribution >= 0.6 is 68.0 Å². The van der Waals surface area contributed by atoms with Gasteiger partial charge in [0.25, 0.3) is 17.7 Å². The van der Waals surface area contributed by atoms with Gasteiger partial charge in [-0.05, 0) is 74.4 Å². The summed E-state index contributed by atoms with van der Waals surface area (Å²) in [5.74, 6) is -5.96. The predicted octanol–water partition coefficient (Wildman–Crippen LogP) is 9.93. The summed E-state index contributed by atoms with van der Waals surface area (Å²) in [7, 11) is 2.91. The zero-order chi connectivity index (χ0) is 66.5. The summed E-state index contributed by atoms with van der Waals surface area (Å²) >= 11 is 6.89. The molecule has 6 amide bonds. The minimum Gasteiger partial charge on any atom is -0.481 e. The van der Waals surface area contributed by atoms with Crippen LogP contribution in [0, 0.1) is 18.8 Å². The fraction of sp³-hybridized carbons (Fsp3) is 0.306. The van der Waals surface area contributed by atoms with Crippen molar-refractivity contribution in [2.24, 2.45) is 11.8 Å². The van der Waals surface area contributed by atoms with E-state index in [1.807, 2.05) is 13.8 Å². The number of aromatic carboxylic acids is 1. The lowest BCUT2D eigenvalue weighted by Gasteiger charge is -2.28. The first-order chi connectivity index (χ1) is 45.2. The molecule has 2 aliphatic rings. The molecule has 0 saturated heterocycles.